The highest BCUT2D eigenvalue weighted by Crippen LogP contribution is 2.11. The van der Waals surface area contributed by atoms with Crippen LogP contribution in [0.5, 0.6) is 0 Å². The molecule has 3 N–H and O–H groups in total. The molecule has 0 bridgehead atoms. The van der Waals surface area contributed by atoms with Crippen molar-refractivity contribution in [3.63, 3.8) is 0 Å². The summed E-state index contributed by atoms with van der Waals surface area (Å²) >= 11 is 0. The molecule has 1 fully saturated rings. The molecule has 0 saturated carbocycles. The van der Waals surface area contributed by atoms with Crippen molar-refractivity contribution in [1.82, 2.24) is 16.0 Å². The van der Waals surface area contributed by atoms with Crippen LogP contribution in [0.2, 0.25) is 0 Å². The lowest BCUT2D eigenvalue weighted by Gasteiger charge is -2.24. The third kappa shape index (κ3) is 5.17. The van der Waals surface area contributed by atoms with Crippen LogP contribution in [0.1, 0.15) is 33.6 Å². The van der Waals surface area contributed by atoms with Gasteiger partial charge >= 0.3 is 0 Å². The Labute approximate surface area is 103 Å². The maximum atomic E-state index is 11.6. The first-order valence-corrected chi connectivity index (χ1v) is 6.18. The van der Waals surface area contributed by atoms with E-state index in [2.05, 4.69) is 16.0 Å². The fourth-order valence-corrected chi connectivity index (χ4v) is 1.68. The molecule has 0 radical (unpaired) electrons. The molecule has 1 rings (SSSR count). The molecule has 2 amide bonds. The summed E-state index contributed by atoms with van der Waals surface area (Å²) in [6, 6.07) is 0.197. The van der Waals surface area contributed by atoms with Gasteiger partial charge in [-0.3, -0.25) is 9.59 Å². The van der Waals surface area contributed by atoms with Crippen LogP contribution in [-0.4, -0.2) is 37.5 Å². The van der Waals surface area contributed by atoms with Crippen LogP contribution in [0.3, 0.4) is 0 Å². The Bertz CT molecular complexity index is 278. The zero-order valence-electron chi connectivity index (χ0n) is 10.9. The summed E-state index contributed by atoms with van der Waals surface area (Å²) in [4.78, 5) is 23.1. The van der Waals surface area contributed by atoms with E-state index >= 15 is 0 Å². The van der Waals surface area contributed by atoms with Gasteiger partial charge in [0.25, 0.3) is 0 Å². The maximum Gasteiger partial charge on any atom is 0.239 e. The van der Waals surface area contributed by atoms with Gasteiger partial charge in [-0.1, -0.05) is 20.8 Å². The number of amides is 2. The van der Waals surface area contributed by atoms with Crippen LogP contribution in [0.4, 0.5) is 0 Å². The van der Waals surface area contributed by atoms with E-state index in [0.717, 1.165) is 25.9 Å². The summed E-state index contributed by atoms with van der Waals surface area (Å²) < 4.78 is 0. The fourth-order valence-electron chi connectivity index (χ4n) is 1.68. The van der Waals surface area contributed by atoms with Gasteiger partial charge in [0.2, 0.25) is 11.8 Å². The molecule has 1 saturated heterocycles. The number of hydrogen-bond acceptors (Lipinski definition) is 3. The highest BCUT2D eigenvalue weighted by Gasteiger charge is 2.22. The van der Waals surface area contributed by atoms with Gasteiger partial charge in [-0.25, -0.2) is 0 Å². The molecule has 0 aliphatic carbocycles. The SMILES string of the molecule is CC(C)(C)C(=O)NCC(=O)NC1CCCNC1. The van der Waals surface area contributed by atoms with E-state index in [4.69, 9.17) is 0 Å². The molecular weight excluding hydrogens is 218 g/mol. The number of carbonyl (C=O) groups excluding carboxylic acids is 2. The average Bonchev–Trinajstić information content (AvgIpc) is 2.26. The third-order valence-corrected chi connectivity index (χ3v) is 2.75. The van der Waals surface area contributed by atoms with Crippen molar-refractivity contribution in [3.8, 4) is 0 Å². The van der Waals surface area contributed by atoms with Gasteiger partial charge in [-0.15, -0.1) is 0 Å². The van der Waals surface area contributed by atoms with E-state index in [1.807, 2.05) is 20.8 Å². The molecule has 5 nitrogen and oxygen atoms in total. The van der Waals surface area contributed by atoms with Crippen LogP contribution in [0.25, 0.3) is 0 Å². The van der Waals surface area contributed by atoms with Gasteiger partial charge in [-0.05, 0) is 19.4 Å². The highest BCUT2D eigenvalue weighted by atomic mass is 16.2. The first-order valence-electron chi connectivity index (χ1n) is 6.18. The molecule has 1 unspecified atom stereocenters. The molecule has 0 spiro atoms. The van der Waals surface area contributed by atoms with Crippen molar-refractivity contribution in [1.29, 1.82) is 0 Å². The lowest BCUT2D eigenvalue weighted by molar-refractivity contribution is -0.131. The van der Waals surface area contributed by atoms with E-state index in [-0.39, 0.29) is 24.4 Å². The van der Waals surface area contributed by atoms with Gasteiger partial charge < -0.3 is 16.0 Å². The standard InChI is InChI=1S/C12H23N3O2/c1-12(2,3)11(17)14-8-10(16)15-9-5-4-6-13-7-9/h9,13H,4-8H2,1-3H3,(H,14,17)(H,15,16). The Morgan fingerprint density at radius 3 is 2.59 bits per heavy atom. The van der Waals surface area contributed by atoms with E-state index in [0.29, 0.717) is 0 Å². The van der Waals surface area contributed by atoms with Crippen molar-refractivity contribution in [2.45, 2.75) is 39.7 Å². The fraction of sp³-hybridized carbons (Fsp3) is 0.833. The van der Waals surface area contributed by atoms with Crippen molar-refractivity contribution in [3.05, 3.63) is 0 Å². The number of hydrogen-bond donors (Lipinski definition) is 3. The van der Waals surface area contributed by atoms with E-state index in [9.17, 15) is 9.59 Å². The van der Waals surface area contributed by atoms with Crippen molar-refractivity contribution in [2.24, 2.45) is 5.41 Å². The van der Waals surface area contributed by atoms with Crippen LogP contribution in [0, 0.1) is 5.41 Å². The third-order valence-electron chi connectivity index (χ3n) is 2.75. The topological polar surface area (TPSA) is 70.2 Å². The number of nitrogens with one attached hydrogen (secondary N) is 3. The minimum atomic E-state index is -0.452. The summed E-state index contributed by atoms with van der Waals surface area (Å²) in [5, 5.41) is 8.78. The Hall–Kier alpha value is -1.10. The first kappa shape index (κ1) is 14.0. The summed E-state index contributed by atoms with van der Waals surface area (Å²) in [7, 11) is 0. The Kier molecular flexibility index (Phi) is 4.93. The second-order valence-electron chi connectivity index (χ2n) is 5.54. The predicted octanol–water partition coefficient (Wildman–Crippen LogP) is 0.0169. The van der Waals surface area contributed by atoms with Gasteiger partial charge in [-0.2, -0.15) is 0 Å². The molecule has 0 aromatic rings. The van der Waals surface area contributed by atoms with Crippen molar-refractivity contribution < 1.29 is 9.59 Å². The van der Waals surface area contributed by atoms with E-state index in [1.165, 1.54) is 0 Å². The summed E-state index contributed by atoms with van der Waals surface area (Å²) in [5.41, 5.74) is -0.452. The maximum absolute atomic E-state index is 11.6. The monoisotopic (exact) mass is 241 g/mol. The van der Waals surface area contributed by atoms with E-state index in [1.54, 1.807) is 0 Å². The Morgan fingerprint density at radius 1 is 1.35 bits per heavy atom. The minimum Gasteiger partial charge on any atom is -0.351 e. The zero-order chi connectivity index (χ0) is 12.9. The zero-order valence-corrected chi connectivity index (χ0v) is 10.9. The molecule has 1 aliphatic heterocycles. The highest BCUT2D eigenvalue weighted by molar-refractivity contribution is 5.87. The van der Waals surface area contributed by atoms with Crippen LogP contribution in [-0.2, 0) is 9.59 Å². The second kappa shape index (κ2) is 6.00. The summed E-state index contributed by atoms with van der Waals surface area (Å²) in [6.45, 7) is 7.38. The van der Waals surface area contributed by atoms with Gasteiger partial charge in [0.1, 0.15) is 0 Å². The van der Waals surface area contributed by atoms with Gasteiger partial charge in [0, 0.05) is 18.0 Å². The average molecular weight is 241 g/mol. The molecule has 1 heterocycles. The lowest BCUT2D eigenvalue weighted by Crippen LogP contribution is -2.49. The largest absolute Gasteiger partial charge is 0.351 e. The summed E-state index contributed by atoms with van der Waals surface area (Å²) in [6.07, 6.45) is 2.09. The molecule has 5 heteroatoms. The van der Waals surface area contributed by atoms with Crippen LogP contribution >= 0.6 is 0 Å². The summed E-state index contributed by atoms with van der Waals surface area (Å²) in [5.74, 6) is -0.217. The van der Waals surface area contributed by atoms with Crippen LogP contribution < -0.4 is 16.0 Å². The number of piperidine rings is 1. The predicted molar refractivity (Wildman–Crippen MR) is 66.5 cm³/mol. The molecule has 0 aromatic heterocycles. The second-order valence-corrected chi connectivity index (χ2v) is 5.54. The van der Waals surface area contributed by atoms with Crippen molar-refractivity contribution >= 4 is 11.8 Å². The normalized spacial score (nSPS) is 20.8. The van der Waals surface area contributed by atoms with Gasteiger partial charge in [0.15, 0.2) is 0 Å². The quantitative estimate of drug-likeness (QED) is 0.652. The number of carbonyl (C=O) groups is 2. The number of rotatable bonds is 3. The minimum absolute atomic E-state index is 0.0621. The van der Waals surface area contributed by atoms with Crippen LogP contribution in [0.15, 0.2) is 0 Å². The molecule has 0 aromatic carbocycles. The lowest BCUT2D eigenvalue weighted by atomic mass is 9.96. The smallest absolute Gasteiger partial charge is 0.239 e. The van der Waals surface area contributed by atoms with Crippen molar-refractivity contribution in [2.75, 3.05) is 19.6 Å². The molecular formula is C12H23N3O2. The van der Waals surface area contributed by atoms with E-state index < -0.39 is 5.41 Å². The first-order chi connectivity index (χ1) is 7.89. The Balaban J connectivity index is 2.23. The molecule has 17 heavy (non-hydrogen) atoms. The Morgan fingerprint density at radius 2 is 2.06 bits per heavy atom. The van der Waals surface area contributed by atoms with Gasteiger partial charge in [0.05, 0.1) is 6.54 Å². The molecule has 1 atom stereocenters. The molecule has 98 valence electrons. The molecule has 1 aliphatic rings.